The lowest BCUT2D eigenvalue weighted by molar-refractivity contribution is -0.120. The Kier molecular flexibility index (Phi) is 14.2. The average Bonchev–Trinajstić information content (AvgIpc) is 2.60. The predicted octanol–water partition coefficient (Wildman–Crippen LogP) is -0.755. The fourth-order valence-electron chi connectivity index (χ4n) is 2.84. The van der Waals surface area contributed by atoms with Crippen LogP contribution >= 0.6 is 0 Å². The summed E-state index contributed by atoms with van der Waals surface area (Å²) in [6, 6.07) is 0. The van der Waals surface area contributed by atoms with Crippen molar-refractivity contribution in [2.24, 2.45) is 11.5 Å². The molecule has 0 atom stereocenters. The largest absolute Gasteiger partial charge is 0.369 e. The Bertz CT molecular complexity index is 358. The van der Waals surface area contributed by atoms with Gasteiger partial charge in [-0.3, -0.25) is 19.4 Å². The average molecular weight is 373 g/mol. The molecule has 0 saturated carbocycles. The number of carbonyl (C=O) groups is 2. The van der Waals surface area contributed by atoms with Gasteiger partial charge in [0.2, 0.25) is 11.8 Å². The maximum Gasteiger partial charge on any atom is 0.231 e. The number of carbonyl (C=O) groups excluding carboxylic acids is 2. The molecular weight excluding hydrogens is 332 g/mol. The highest BCUT2D eigenvalue weighted by Gasteiger charge is 2.12. The third-order valence-electron chi connectivity index (χ3n) is 4.75. The van der Waals surface area contributed by atoms with E-state index in [1.165, 1.54) is 0 Å². The Labute approximate surface area is 159 Å². The first-order chi connectivity index (χ1) is 12.4. The molecule has 2 amide bonds. The summed E-state index contributed by atoms with van der Waals surface area (Å²) >= 11 is 0. The van der Waals surface area contributed by atoms with Crippen LogP contribution in [0, 0.1) is 0 Å². The summed E-state index contributed by atoms with van der Waals surface area (Å²) < 4.78 is 0. The Morgan fingerprint density at radius 1 is 0.538 bits per heavy atom. The van der Waals surface area contributed by atoms with Crippen molar-refractivity contribution in [3.63, 3.8) is 0 Å². The molecule has 0 fully saturated rings. The van der Waals surface area contributed by atoms with Gasteiger partial charge in [-0.2, -0.15) is 0 Å². The number of primary amides is 2. The standard InChI is InChI=1S/C18H40N6O2/c1-5-21(11-13-23(7-3)15-17(19)25)9-10-22(6-2)12-14-24(8-4)16-18(20)26/h5-16H2,1-4H3,(H2,19,25)(H2,20,26). The highest BCUT2D eigenvalue weighted by atomic mass is 16.1. The molecule has 0 rings (SSSR count). The van der Waals surface area contributed by atoms with Crippen LogP contribution in [-0.2, 0) is 9.59 Å². The third kappa shape index (κ3) is 12.2. The van der Waals surface area contributed by atoms with Gasteiger partial charge in [0, 0.05) is 39.3 Å². The SMILES string of the molecule is CCN(CCN(CC)CCN(CC)CC(N)=O)CCN(CC)CC(N)=O. The molecule has 4 N–H and O–H groups in total. The molecule has 8 nitrogen and oxygen atoms in total. The molecule has 0 aliphatic rings. The second kappa shape index (κ2) is 14.9. The molecular formula is C18H40N6O2. The summed E-state index contributed by atoms with van der Waals surface area (Å²) in [5, 5.41) is 0. The second-order valence-electron chi connectivity index (χ2n) is 6.54. The number of likely N-dealkylation sites (N-methyl/N-ethyl adjacent to an activating group) is 4. The van der Waals surface area contributed by atoms with E-state index in [0.29, 0.717) is 13.1 Å². The molecule has 8 heteroatoms. The number of nitrogens with two attached hydrogens (primary N) is 2. The summed E-state index contributed by atoms with van der Waals surface area (Å²) in [5.41, 5.74) is 10.6. The van der Waals surface area contributed by atoms with Gasteiger partial charge < -0.3 is 21.3 Å². The molecule has 0 heterocycles. The highest BCUT2D eigenvalue weighted by molar-refractivity contribution is 5.76. The van der Waals surface area contributed by atoms with Crippen LogP contribution in [0.3, 0.4) is 0 Å². The van der Waals surface area contributed by atoms with Crippen molar-refractivity contribution < 1.29 is 9.59 Å². The lowest BCUT2D eigenvalue weighted by atomic mass is 10.3. The van der Waals surface area contributed by atoms with Crippen LogP contribution in [0.5, 0.6) is 0 Å². The quantitative estimate of drug-likeness (QED) is 0.348. The maximum atomic E-state index is 11.1. The van der Waals surface area contributed by atoms with Crippen LogP contribution in [-0.4, -0.2) is 110 Å². The minimum Gasteiger partial charge on any atom is -0.369 e. The number of nitrogens with zero attached hydrogens (tertiary/aromatic N) is 4. The van der Waals surface area contributed by atoms with Gasteiger partial charge in [0.15, 0.2) is 0 Å². The monoisotopic (exact) mass is 372 g/mol. The topological polar surface area (TPSA) is 99.1 Å². The minimum absolute atomic E-state index is 0.275. The normalized spacial score (nSPS) is 11.8. The van der Waals surface area contributed by atoms with Gasteiger partial charge >= 0.3 is 0 Å². The lowest BCUT2D eigenvalue weighted by Gasteiger charge is -2.29. The van der Waals surface area contributed by atoms with Crippen LogP contribution in [0.2, 0.25) is 0 Å². The zero-order valence-electron chi connectivity index (χ0n) is 17.2. The minimum atomic E-state index is -0.275. The van der Waals surface area contributed by atoms with Crippen molar-refractivity contribution in [3.8, 4) is 0 Å². The van der Waals surface area contributed by atoms with E-state index in [9.17, 15) is 9.59 Å². The van der Waals surface area contributed by atoms with Crippen LogP contribution in [0.25, 0.3) is 0 Å². The first-order valence-corrected chi connectivity index (χ1v) is 9.82. The van der Waals surface area contributed by atoms with Crippen molar-refractivity contribution in [2.45, 2.75) is 27.7 Å². The maximum absolute atomic E-state index is 11.1. The van der Waals surface area contributed by atoms with Gasteiger partial charge in [-0.05, 0) is 26.2 Å². The lowest BCUT2D eigenvalue weighted by Crippen LogP contribution is -2.43. The van der Waals surface area contributed by atoms with E-state index in [1.54, 1.807) is 0 Å². The van der Waals surface area contributed by atoms with Crippen molar-refractivity contribution >= 4 is 11.8 Å². The molecule has 0 aliphatic heterocycles. The highest BCUT2D eigenvalue weighted by Crippen LogP contribution is 1.97. The summed E-state index contributed by atoms with van der Waals surface area (Å²) in [5.74, 6) is -0.549. The number of rotatable bonds is 17. The van der Waals surface area contributed by atoms with E-state index in [2.05, 4.69) is 33.4 Å². The molecule has 26 heavy (non-hydrogen) atoms. The third-order valence-corrected chi connectivity index (χ3v) is 4.75. The summed E-state index contributed by atoms with van der Waals surface area (Å²) in [6.07, 6.45) is 0. The fraction of sp³-hybridized carbons (Fsp3) is 0.889. The van der Waals surface area contributed by atoms with E-state index < -0.39 is 0 Å². The van der Waals surface area contributed by atoms with Gasteiger partial charge in [0.05, 0.1) is 13.1 Å². The first-order valence-electron chi connectivity index (χ1n) is 9.82. The van der Waals surface area contributed by atoms with Crippen molar-refractivity contribution in [1.82, 2.24) is 19.6 Å². The van der Waals surface area contributed by atoms with Crippen LogP contribution in [0.4, 0.5) is 0 Å². The summed E-state index contributed by atoms with van der Waals surface area (Å²) in [6.45, 7) is 18.2. The van der Waals surface area contributed by atoms with Gasteiger partial charge in [-0.1, -0.05) is 27.7 Å². The Hall–Kier alpha value is -1.22. The van der Waals surface area contributed by atoms with Crippen LogP contribution in [0.1, 0.15) is 27.7 Å². The van der Waals surface area contributed by atoms with Crippen molar-refractivity contribution in [2.75, 3.05) is 78.5 Å². The molecule has 0 unspecified atom stereocenters. The van der Waals surface area contributed by atoms with Crippen LogP contribution < -0.4 is 11.5 Å². The van der Waals surface area contributed by atoms with E-state index in [-0.39, 0.29) is 11.8 Å². The molecule has 0 radical (unpaired) electrons. The molecule has 0 aromatic carbocycles. The van der Waals surface area contributed by atoms with E-state index in [0.717, 1.165) is 65.4 Å². The molecule has 0 aromatic heterocycles. The van der Waals surface area contributed by atoms with Gasteiger partial charge in [-0.15, -0.1) is 0 Å². The molecule has 154 valence electrons. The van der Waals surface area contributed by atoms with E-state index in [1.807, 2.05) is 13.8 Å². The Morgan fingerprint density at radius 3 is 0.962 bits per heavy atom. The zero-order chi connectivity index (χ0) is 19.9. The molecule has 0 saturated heterocycles. The Balaban J connectivity index is 4.27. The zero-order valence-corrected chi connectivity index (χ0v) is 17.2. The smallest absolute Gasteiger partial charge is 0.231 e. The predicted molar refractivity (Wildman–Crippen MR) is 107 cm³/mol. The fourth-order valence-corrected chi connectivity index (χ4v) is 2.84. The first kappa shape index (κ1) is 24.8. The van der Waals surface area contributed by atoms with E-state index in [4.69, 9.17) is 11.5 Å². The van der Waals surface area contributed by atoms with Gasteiger partial charge in [0.25, 0.3) is 0 Å². The van der Waals surface area contributed by atoms with Gasteiger partial charge in [0.1, 0.15) is 0 Å². The van der Waals surface area contributed by atoms with Crippen LogP contribution in [0.15, 0.2) is 0 Å². The number of hydrogen-bond donors (Lipinski definition) is 2. The van der Waals surface area contributed by atoms with Crippen molar-refractivity contribution in [1.29, 1.82) is 0 Å². The molecule has 0 bridgehead atoms. The summed E-state index contributed by atoms with van der Waals surface area (Å²) in [4.78, 5) is 31.1. The van der Waals surface area contributed by atoms with Crippen molar-refractivity contribution in [3.05, 3.63) is 0 Å². The second-order valence-corrected chi connectivity index (χ2v) is 6.54. The summed E-state index contributed by atoms with van der Waals surface area (Å²) in [7, 11) is 0. The molecule has 0 aliphatic carbocycles. The van der Waals surface area contributed by atoms with E-state index >= 15 is 0 Å². The van der Waals surface area contributed by atoms with Gasteiger partial charge in [-0.25, -0.2) is 0 Å². The number of amides is 2. The molecule has 0 aromatic rings. The molecule has 0 spiro atoms. The Morgan fingerprint density at radius 2 is 0.769 bits per heavy atom. The number of hydrogen-bond acceptors (Lipinski definition) is 6.